The molecule has 0 saturated carbocycles. The van der Waals surface area contributed by atoms with Crippen LogP contribution in [0.5, 0.6) is 0 Å². The molecule has 0 aliphatic carbocycles. The Labute approximate surface area is 218 Å². The second-order valence-electron chi connectivity index (χ2n) is 8.50. The monoisotopic (exact) mass is 541 g/mol. The van der Waals surface area contributed by atoms with E-state index in [1.165, 1.54) is 9.21 Å². The Bertz CT molecular complexity index is 1120. The van der Waals surface area contributed by atoms with Gasteiger partial charge >= 0.3 is 0 Å². The molecule has 192 valence electrons. The van der Waals surface area contributed by atoms with Crippen LogP contribution in [0, 0.1) is 6.92 Å². The SMILES string of the molecule is CCCNC(=O)[C@@H](C)N(Cc1ccc(Cl)cc1Cl)C(=O)CCCN(c1ccc(C)cc1)S(C)(=O)=O. The number of halogens is 2. The molecule has 2 amide bonds. The first-order valence-corrected chi connectivity index (χ1v) is 14.1. The minimum atomic E-state index is -3.53. The molecule has 7 nitrogen and oxygen atoms in total. The third-order valence-corrected chi connectivity index (χ3v) is 7.33. The number of benzene rings is 2. The summed E-state index contributed by atoms with van der Waals surface area (Å²) in [5, 5.41) is 3.70. The predicted molar refractivity (Wildman–Crippen MR) is 142 cm³/mol. The Morgan fingerprint density at radius 3 is 2.31 bits per heavy atom. The molecule has 0 radical (unpaired) electrons. The van der Waals surface area contributed by atoms with E-state index in [-0.39, 0.29) is 37.7 Å². The molecule has 2 aromatic carbocycles. The number of hydrogen-bond donors (Lipinski definition) is 1. The van der Waals surface area contributed by atoms with Gasteiger partial charge in [0, 0.05) is 36.1 Å². The average Bonchev–Trinajstić information content (AvgIpc) is 2.79. The third kappa shape index (κ3) is 8.70. The molecule has 0 spiro atoms. The highest BCUT2D eigenvalue weighted by Crippen LogP contribution is 2.24. The largest absolute Gasteiger partial charge is 0.354 e. The van der Waals surface area contributed by atoms with Crippen LogP contribution in [0.2, 0.25) is 10.0 Å². The zero-order valence-corrected chi connectivity index (χ0v) is 22.9. The fourth-order valence-corrected chi connectivity index (χ4v) is 4.96. The van der Waals surface area contributed by atoms with Gasteiger partial charge < -0.3 is 10.2 Å². The van der Waals surface area contributed by atoms with Gasteiger partial charge in [-0.1, -0.05) is 53.9 Å². The van der Waals surface area contributed by atoms with Crippen molar-refractivity contribution in [1.29, 1.82) is 0 Å². The third-order valence-electron chi connectivity index (χ3n) is 5.55. The van der Waals surface area contributed by atoms with Crippen molar-refractivity contribution in [2.75, 3.05) is 23.7 Å². The van der Waals surface area contributed by atoms with Crippen LogP contribution in [0.25, 0.3) is 0 Å². The summed E-state index contributed by atoms with van der Waals surface area (Å²) in [5.41, 5.74) is 2.23. The van der Waals surface area contributed by atoms with E-state index in [1.807, 2.05) is 26.0 Å². The van der Waals surface area contributed by atoms with Crippen LogP contribution in [-0.2, 0) is 26.2 Å². The van der Waals surface area contributed by atoms with Gasteiger partial charge in [0.2, 0.25) is 21.8 Å². The summed E-state index contributed by atoms with van der Waals surface area (Å²) in [6.07, 6.45) is 2.27. The highest BCUT2D eigenvalue weighted by molar-refractivity contribution is 7.92. The van der Waals surface area contributed by atoms with Gasteiger partial charge in [0.05, 0.1) is 11.9 Å². The first kappa shape index (κ1) is 28.9. The van der Waals surface area contributed by atoms with Crippen LogP contribution in [0.3, 0.4) is 0 Å². The molecule has 0 heterocycles. The Morgan fingerprint density at radius 1 is 1.09 bits per heavy atom. The zero-order chi connectivity index (χ0) is 26.2. The number of nitrogens with zero attached hydrogens (tertiary/aromatic N) is 2. The van der Waals surface area contributed by atoms with Crippen LogP contribution in [-0.4, -0.2) is 50.5 Å². The number of amides is 2. The minimum Gasteiger partial charge on any atom is -0.354 e. The fraction of sp³-hybridized carbons (Fsp3) is 0.440. The van der Waals surface area contributed by atoms with Gasteiger partial charge in [-0.05, 0) is 56.5 Å². The number of aryl methyl sites for hydroxylation is 1. The summed E-state index contributed by atoms with van der Waals surface area (Å²) in [4.78, 5) is 27.4. The first-order chi connectivity index (χ1) is 16.4. The lowest BCUT2D eigenvalue weighted by Gasteiger charge is -2.29. The van der Waals surface area contributed by atoms with Gasteiger partial charge in [-0.2, -0.15) is 0 Å². The Hall–Kier alpha value is -2.29. The molecule has 10 heteroatoms. The van der Waals surface area contributed by atoms with E-state index < -0.39 is 16.1 Å². The van der Waals surface area contributed by atoms with E-state index in [2.05, 4.69) is 5.32 Å². The number of rotatable bonds is 12. The predicted octanol–water partition coefficient (Wildman–Crippen LogP) is 4.79. The summed E-state index contributed by atoms with van der Waals surface area (Å²) in [6, 6.07) is 11.4. The Balaban J connectivity index is 2.18. The number of hydrogen-bond acceptors (Lipinski definition) is 4. The van der Waals surface area contributed by atoms with Gasteiger partial charge in [0.1, 0.15) is 6.04 Å². The molecule has 0 fully saturated rings. The summed E-state index contributed by atoms with van der Waals surface area (Å²) in [5.74, 6) is -0.532. The molecular weight excluding hydrogens is 509 g/mol. The van der Waals surface area contributed by atoms with Crippen LogP contribution in [0.15, 0.2) is 42.5 Å². The van der Waals surface area contributed by atoms with Crippen molar-refractivity contribution in [3.05, 3.63) is 63.6 Å². The summed E-state index contributed by atoms with van der Waals surface area (Å²) in [6.45, 7) is 6.31. The lowest BCUT2D eigenvalue weighted by Crippen LogP contribution is -2.48. The highest BCUT2D eigenvalue weighted by Gasteiger charge is 2.27. The molecular formula is C25H33Cl2N3O4S. The number of carbonyl (C=O) groups excluding carboxylic acids is 2. The lowest BCUT2D eigenvalue weighted by molar-refractivity contribution is -0.140. The van der Waals surface area contributed by atoms with Crippen LogP contribution in [0.4, 0.5) is 5.69 Å². The molecule has 1 atom stereocenters. The molecule has 2 aromatic rings. The van der Waals surface area contributed by atoms with Crippen LogP contribution < -0.4 is 9.62 Å². The van der Waals surface area contributed by atoms with Crippen molar-refractivity contribution in [3.63, 3.8) is 0 Å². The average molecular weight is 543 g/mol. The molecule has 0 saturated heterocycles. The van der Waals surface area contributed by atoms with E-state index in [1.54, 1.807) is 37.3 Å². The maximum atomic E-state index is 13.3. The molecule has 0 unspecified atom stereocenters. The van der Waals surface area contributed by atoms with Gasteiger partial charge in [-0.25, -0.2) is 8.42 Å². The lowest BCUT2D eigenvalue weighted by atomic mass is 10.1. The van der Waals surface area contributed by atoms with Crippen LogP contribution >= 0.6 is 23.2 Å². The second-order valence-corrected chi connectivity index (χ2v) is 11.2. The molecule has 0 aliphatic rings. The number of nitrogens with one attached hydrogen (secondary N) is 1. The molecule has 35 heavy (non-hydrogen) atoms. The Morgan fingerprint density at radius 2 is 1.74 bits per heavy atom. The van der Waals surface area contributed by atoms with Crippen molar-refractivity contribution in [2.45, 2.75) is 52.6 Å². The van der Waals surface area contributed by atoms with Crippen molar-refractivity contribution in [1.82, 2.24) is 10.2 Å². The van der Waals surface area contributed by atoms with Gasteiger partial charge in [0.15, 0.2) is 0 Å². The maximum absolute atomic E-state index is 13.3. The molecule has 0 bridgehead atoms. The summed E-state index contributed by atoms with van der Waals surface area (Å²) in [7, 11) is -3.53. The van der Waals surface area contributed by atoms with Crippen molar-refractivity contribution < 1.29 is 18.0 Å². The van der Waals surface area contributed by atoms with Crippen LogP contribution in [0.1, 0.15) is 44.2 Å². The van der Waals surface area contributed by atoms with E-state index in [9.17, 15) is 18.0 Å². The van der Waals surface area contributed by atoms with Crippen molar-refractivity contribution in [3.8, 4) is 0 Å². The second kappa shape index (κ2) is 13.1. The fourth-order valence-electron chi connectivity index (χ4n) is 3.53. The molecule has 0 aromatic heterocycles. The zero-order valence-electron chi connectivity index (χ0n) is 20.6. The smallest absolute Gasteiger partial charge is 0.242 e. The van der Waals surface area contributed by atoms with Gasteiger partial charge in [-0.3, -0.25) is 13.9 Å². The number of sulfonamides is 1. The topological polar surface area (TPSA) is 86.8 Å². The van der Waals surface area contributed by atoms with E-state index in [4.69, 9.17) is 23.2 Å². The number of anilines is 1. The van der Waals surface area contributed by atoms with Crippen molar-refractivity contribution >= 4 is 50.7 Å². The maximum Gasteiger partial charge on any atom is 0.242 e. The van der Waals surface area contributed by atoms with E-state index >= 15 is 0 Å². The van der Waals surface area contributed by atoms with Gasteiger partial charge in [0.25, 0.3) is 0 Å². The quantitative estimate of drug-likeness (QED) is 0.418. The van der Waals surface area contributed by atoms with Crippen molar-refractivity contribution in [2.24, 2.45) is 0 Å². The molecule has 1 N–H and O–H groups in total. The standard InChI is InChI=1S/C25H33Cl2N3O4S/c1-5-14-28-25(32)19(3)29(17-20-10-11-21(26)16-23(20)27)24(31)7-6-15-30(35(4,33)34)22-12-8-18(2)9-13-22/h8-13,16,19H,5-7,14-15,17H2,1-4H3,(H,28,32)/t19-/m1/s1. The first-order valence-electron chi connectivity index (χ1n) is 11.5. The number of carbonyl (C=O) groups is 2. The molecule has 2 rings (SSSR count). The van der Waals surface area contributed by atoms with E-state index in [0.717, 1.165) is 18.2 Å². The molecule has 0 aliphatic heterocycles. The van der Waals surface area contributed by atoms with E-state index in [0.29, 0.717) is 27.8 Å². The summed E-state index contributed by atoms with van der Waals surface area (Å²) >= 11 is 12.3. The summed E-state index contributed by atoms with van der Waals surface area (Å²) < 4.78 is 26.1. The minimum absolute atomic E-state index is 0.0640. The highest BCUT2D eigenvalue weighted by atomic mass is 35.5. The normalized spacial score (nSPS) is 12.2. The van der Waals surface area contributed by atoms with Gasteiger partial charge in [-0.15, -0.1) is 0 Å². The Kier molecular flexibility index (Phi) is 10.9.